The van der Waals surface area contributed by atoms with Crippen LogP contribution in [-0.2, 0) is 11.0 Å². The van der Waals surface area contributed by atoms with Crippen LogP contribution >= 0.6 is 12.2 Å². The summed E-state index contributed by atoms with van der Waals surface area (Å²) in [5.74, 6) is -0.536. The maximum Gasteiger partial charge on any atom is 0.423 e. The Morgan fingerprint density at radius 1 is 1.10 bits per heavy atom. The molecule has 0 aliphatic carbocycles. The summed E-state index contributed by atoms with van der Waals surface area (Å²) in [6.45, 7) is 5.08. The minimum atomic E-state index is -4.96. The molecule has 0 aromatic heterocycles. The van der Waals surface area contributed by atoms with Crippen LogP contribution < -0.4 is 9.80 Å². The number of halogens is 3. The van der Waals surface area contributed by atoms with E-state index in [-0.39, 0.29) is 10.8 Å². The van der Waals surface area contributed by atoms with E-state index in [1.807, 2.05) is 19.1 Å². The fraction of sp³-hybridized carbons (Fsp3) is 0.263. The van der Waals surface area contributed by atoms with Gasteiger partial charge in [0.15, 0.2) is 5.11 Å². The van der Waals surface area contributed by atoms with Crippen LogP contribution in [0.3, 0.4) is 0 Å². The number of alkyl halides is 3. The minimum Gasteiger partial charge on any atom is -0.304 e. The zero-order chi connectivity index (χ0) is 21.7. The van der Waals surface area contributed by atoms with E-state index in [2.05, 4.69) is 0 Å². The number of hydrogen-bond acceptors (Lipinski definition) is 4. The Hall–Kier alpha value is -3.01. The fourth-order valence-electron chi connectivity index (χ4n) is 3.27. The SMILES string of the molecule is Cc1cccc(N2C(=S)N(c3ccc([N+](=O)[O-])c(C(F)(F)F)c3)C(=O)C2(C)C)c1. The van der Waals surface area contributed by atoms with E-state index in [0.717, 1.165) is 22.6 Å². The predicted octanol–water partition coefficient (Wildman–Crippen LogP) is 4.84. The van der Waals surface area contributed by atoms with Gasteiger partial charge in [0.25, 0.3) is 11.6 Å². The molecule has 0 spiro atoms. The van der Waals surface area contributed by atoms with E-state index in [1.54, 1.807) is 30.9 Å². The van der Waals surface area contributed by atoms with Gasteiger partial charge in [-0.05, 0) is 62.8 Å². The number of rotatable bonds is 3. The molecule has 29 heavy (non-hydrogen) atoms. The van der Waals surface area contributed by atoms with Crippen LogP contribution in [0.5, 0.6) is 0 Å². The topological polar surface area (TPSA) is 66.7 Å². The molecule has 1 aliphatic rings. The number of nitro groups is 1. The average molecular weight is 423 g/mol. The van der Waals surface area contributed by atoms with Crippen LogP contribution in [0.4, 0.5) is 30.2 Å². The number of thiocarbonyl (C=S) groups is 1. The molecule has 0 radical (unpaired) electrons. The van der Waals surface area contributed by atoms with Crippen molar-refractivity contribution in [1.29, 1.82) is 0 Å². The molecule has 1 aliphatic heterocycles. The summed E-state index contributed by atoms with van der Waals surface area (Å²) in [7, 11) is 0. The highest BCUT2D eigenvalue weighted by Crippen LogP contribution is 2.41. The maximum atomic E-state index is 13.4. The van der Waals surface area contributed by atoms with Crippen molar-refractivity contribution in [2.24, 2.45) is 0 Å². The van der Waals surface area contributed by atoms with Crippen molar-refractivity contribution < 1.29 is 22.9 Å². The van der Waals surface area contributed by atoms with Gasteiger partial charge in [-0.1, -0.05) is 12.1 Å². The smallest absolute Gasteiger partial charge is 0.304 e. The lowest BCUT2D eigenvalue weighted by Crippen LogP contribution is -2.44. The molecule has 0 atom stereocenters. The van der Waals surface area contributed by atoms with E-state index in [0.29, 0.717) is 11.8 Å². The monoisotopic (exact) mass is 423 g/mol. The molecule has 0 unspecified atom stereocenters. The van der Waals surface area contributed by atoms with Gasteiger partial charge in [0, 0.05) is 11.8 Å². The molecule has 1 fully saturated rings. The van der Waals surface area contributed by atoms with Gasteiger partial charge in [-0.3, -0.25) is 19.8 Å². The van der Waals surface area contributed by atoms with Crippen LogP contribution in [0.2, 0.25) is 0 Å². The second-order valence-corrected chi connectivity index (χ2v) is 7.48. The largest absolute Gasteiger partial charge is 0.423 e. The Bertz CT molecular complexity index is 1040. The molecular weight excluding hydrogens is 407 g/mol. The molecule has 0 N–H and O–H groups in total. The third kappa shape index (κ3) is 3.44. The second kappa shape index (κ2) is 6.80. The zero-order valence-electron chi connectivity index (χ0n) is 15.6. The fourth-order valence-corrected chi connectivity index (χ4v) is 3.79. The Kier molecular flexibility index (Phi) is 4.86. The molecule has 0 saturated carbocycles. The number of aryl methyl sites for hydroxylation is 1. The first kappa shape index (κ1) is 20.7. The summed E-state index contributed by atoms with van der Waals surface area (Å²) >= 11 is 5.43. The predicted molar refractivity (Wildman–Crippen MR) is 106 cm³/mol. The van der Waals surface area contributed by atoms with E-state index in [4.69, 9.17) is 12.2 Å². The van der Waals surface area contributed by atoms with Gasteiger partial charge in [0.05, 0.1) is 10.6 Å². The number of carbonyl (C=O) groups excluding carboxylic acids is 1. The van der Waals surface area contributed by atoms with E-state index < -0.39 is 33.8 Å². The summed E-state index contributed by atoms with van der Waals surface area (Å²) in [5, 5.41) is 11.0. The van der Waals surface area contributed by atoms with Crippen molar-refractivity contribution in [2.75, 3.05) is 9.80 Å². The van der Waals surface area contributed by atoms with E-state index >= 15 is 0 Å². The van der Waals surface area contributed by atoms with Gasteiger partial charge in [0.2, 0.25) is 0 Å². The maximum absolute atomic E-state index is 13.4. The highest BCUT2D eigenvalue weighted by molar-refractivity contribution is 7.81. The van der Waals surface area contributed by atoms with Gasteiger partial charge in [-0.25, -0.2) is 0 Å². The van der Waals surface area contributed by atoms with Crippen LogP contribution in [0.15, 0.2) is 42.5 Å². The molecule has 6 nitrogen and oxygen atoms in total. The van der Waals surface area contributed by atoms with Gasteiger partial charge >= 0.3 is 6.18 Å². The lowest BCUT2D eigenvalue weighted by Gasteiger charge is -2.29. The molecular formula is C19H16F3N3O3S. The molecule has 1 saturated heterocycles. The normalized spacial score (nSPS) is 16.5. The third-order valence-corrected chi connectivity index (χ3v) is 5.03. The average Bonchev–Trinajstić information content (AvgIpc) is 2.78. The minimum absolute atomic E-state index is 0.00687. The number of benzene rings is 2. The highest BCUT2D eigenvalue weighted by Gasteiger charge is 2.51. The zero-order valence-corrected chi connectivity index (χ0v) is 16.5. The van der Waals surface area contributed by atoms with E-state index in [1.165, 1.54) is 0 Å². The van der Waals surface area contributed by atoms with Crippen molar-refractivity contribution in [3.63, 3.8) is 0 Å². The quantitative estimate of drug-likeness (QED) is 0.402. The molecule has 1 amide bonds. The van der Waals surface area contributed by atoms with Gasteiger partial charge < -0.3 is 4.90 Å². The first-order valence-electron chi connectivity index (χ1n) is 8.46. The number of nitro benzene ring substituents is 1. The number of anilines is 2. The Morgan fingerprint density at radius 2 is 1.76 bits per heavy atom. The highest BCUT2D eigenvalue weighted by atomic mass is 32.1. The molecule has 0 bridgehead atoms. The summed E-state index contributed by atoms with van der Waals surface area (Å²) in [5.41, 5.74) is -2.34. The van der Waals surface area contributed by atoms with Gasteiger partial charge in [-0.15, -0.1) is 0 Å². The molecule has 10 heteroatoms. The summed E-state index contributed by atoms with van der Waals surface area (Å²) in [4.78, 5) is 25.5. The van der Waals surface area contributed by atoms with Crippen LogP contribution in [0, 0.1) is 17.0 Å². The van der Waals surface area contributed by atoms with Crippen molar-refractivity contribution in [1.82, 2.24) is 0 Å². The molecule has 2 aromatic rings. The Morgan fingerprint density at radius 3 is 2.31 bits per heavy atom. The lowest BCUT2D eigenvalue weighted by atomic mass is 10.0. The second-order valence-electron chi connectivity index (χ2n) is 7.11. The van der Waals surface area contributed by atoms with Gasteiger partial charge in [-0.2, -0.15) is 13.2 Å². The first-order valence-corrected chi connectivity index (χ1v) is 8.87. The number of carbonyl (C=O) groups is 1. The molecule has 152 valence electrons. The molecule has 2 aromatic carbocycles. The van der Waals surface area contributed by atoms with Crippen LogP contribution in [-0.4, -0.2) is 21.5 Å². The lowest BCUT2D eigenvalue weighted by molar-refractivity contribution is -0.388. The summed E-state index contributed by atoms with van der Waals surface area (Å²) < 4.78 is 40.1. The number of amides is 1. The summed E-state index contributed by atoms with van der Waals surface area (Å²) in [6.07, 6.45) is -4.96. The first-order chi connectivity index (χ1) is 13.4. The summed E-state index contributed by atoms with van der Waals surface area (Å²) in [6, 6.07) is 9.60. The van der Waals surface area contributed by atoms with Crippen molar-refractivity contribution >= 4 is 40.3 Å². The number of hydrogen-bond donors (Lipinski definition) is 0. The molecule has 1 heterocycles. The molecule has 3 rings (SSSR count). The Labute approximate surface area is 169 Å². The van der Waals surface area contributed by atoms with Crippen molar-refractivity contribution in [2.45, 2.75) is 32.5 Å². The van der Waals surface area contributed by atoms with Crippen LogP contribution in [0.25, 0.3) is 0 Å². The van der Waals surface area contributed by atoms with Crippen LogP contribution in [0.1, 0.15) is 25.0 Å². The Balaban J connectivity index is 2.14. The van der Waals surface area contributed by atoms with Crippen molar-refractivity contribution in [3.8, 4) is 0 Å². The third-order valence-electron chi connectivity index (χ3n) is 4.67. The van der Waals surface area contributed by atoms with Gasteiger partial charge in [0.1, 0.15) is 11.1 Å². The van der Waals surface area contributed by atoms with E-state index in [9.17, 15) is 28.1 Å². The number of nitrogens with zero attached hydrogens (tertiary/aromatic N) is 3. The van der Waals surface area contributed by atoms with Crippen molar-refractivity contribution in [3.05, 3.63) is 63.7 Å². The standard InChI is InChI=1S/C19H16F3N3O3S/c1-11-5-4-6-13(9-11)24-17(29)23(16(26)18(24,2)3)12-7-8-15(25(27)28)14(10-12)19(20,21)22/h4-10H,1-3H3.